The molecule has 1 fully saturated rings. The average molecular weight is 371 g/mol. The second kappa shape index (κ2) is 7.22. The molecule has 1 aromatic carbocycles. The van der Waals surface area contributed by atoms with Gasteiger partial charge in [0.15, 0.2) is 0 Å². The number of aromatic nitrogens is 1. The van der Waals surface area contributed by atoms with Crippen LogP contribution in [0.15, 0.2) is 34.9 Å². The molecule has 0 radical (unpaired) electrons. The predicted molar refractivity (Wildman–Crippen MR) is 94.4 cm³/mol. The van der Waals surface area contributed by atoms with Crippen LogP contribution in [-0.4, -0.2) is 34.5 Å². The van der Waals surface area contributed by atoms with Gasteiger partial charge in [-0.25, -0.2) is 4.79 Å². The van der Waals surface area contributed by atoms with Crippen molar-refractivity contribution in [1.29, 1.82) is 0 Å². The lowest BCUT2D eigenvalue weighted by Crippen LogP contribution is -2.43. The minimum absolute atomic E-state index is 0.0265. The van der Waals surface area contributed by atoms with Crippen molar-refractivity contribution in [3.8, 4) is 0 Å². The molecular formula is C19H21N3O5. The van der Waals surface area contributed by atoms with Crippen molar-refractivity contribution in [2.24, 2.45) is 0 Å². The fourth-order valence-electron chi connectivity index (χ4n) is 3.17. The zero-order chi connectivity index (χ0) is 19.6. The fourth-order valence-corrected chi connectivity index (χ4v) is 3.17. The van der Waals surface area contributed by atoms with Gasteiger partial charge >= 0.3 is 12.0 Å². The van der Waals surface area contributed by atoms with E-state index in [2.05, 4.69) is 10.5 Å². The van der Waals surface area contributed by atoms with Gasteiger partial charge < -0.3 is 14.6 Å². The molecule has 1 aliphatic heterocycles. The Kier molecular flexibility index (Phi) is 4.98. The van der Waals surface area contributed by atoms with Crippen molar-refractivity contribution in [2.45, 2.75) is 39.3 Å². The highest BCUT2D eigenvalue weighted by Crippen LogP contribution is 2.32. The van der Waals surface area contributed by atoms with Crippen LogP contribution in [0.4, 0.5) is 4.79 Å². The molecule has 1 atom stereocenters. The minimum atomic E-state index is -1.17. The number of aryl methyl sites for hydroxylation is 2. The van der Waals surface area contributed by atoms with E-state index in [4.69, 9.17) is 9.26 Å². The van der Waals surface area contributed by atoms with Crippen LogP contribution in [0, 0.1) is 13.8 Å². The highest BCUT2D eigenvalue weighted by molar-refractivity contribution is 6.09. The molecule has 1 aromatic heterocycles. The Labute approximate surface area is 156 Å². The Morgan fingerprint density at radius 2 is 1.96 bits per heavy atom. The van der Waals surface area contributed by atoms with Crippen LogP contribution in [-0.2, 0) is 26.5 Å². The first-order chi connectivity index (χ1) is 12.9. The van der Waals surface area contributed by atoms with Gasteiger partial charge in [-0.3, -0.25) is 14.5 Å². The predicted octanol–water partition coefficient (Wildman–Crippen LogP) is 2.19. The number of hydrogen-bond donors (Lipinski definition) is 1. The number of hydrogen-bond acceptors (Lipinski definition) is 6. The number of benzene rings is 1. The lowest BCUT2D eigenvalue weighted by Gasteiger charge is -2.25. The summed E-state index contributed by atoms with van der Waals surface area (Å²) >= 11 is 0. The number of carbonyl (C=O) groups is 3. The number of amides is 3. The van der Waals surface area contributed by atoms with Crippen LogP contribution < -0.4 is 5.32 Å². The second-order valence-corrected chi connectivity index (χ2v) is 6.41. The van der Waals surface area contributed by atoms with Crippen LogP contribution in [0.5, 0.6) is 0 Å². The summed E-state index contributed by atoms with van der Waals surface area (Å²) in [5.41, 5.74) is 0.815. The second-order valence-electron chi connectivity index (χ2n) is 6.41. The zero-order valence-corrected chi connectivity index (χ0v) is 15.4. The molecule has 8 heteroatoms. The van der Waals surface area contributed by atoms with E-state index in [1.165, 1.54) is 0 Å². The molecule has 1 saturated heterocycles. The lowest BCUT2D eigenvalue weighted by atomic mass is 9.87. The van der Waals surface area contributed by atoms with Crippen LogP contribution in [0.1, 0.15) is 35.9 Å². The first-order valence-corrected chi connectivity index (χ1v) is 8.66. The fraction of sp³-hybridized carbons (Fsp3) is 0.368. The maximum absolute atomic E-state index is 13.0. The van der Waals surface area contributed by atoms with Crippen LogP contribution in [0.2, 0.25) is 0 Å². The Morgan fingerprint density at radius 3 is 2.56 bits per heavy atom. The summed E-state index contributed by atoms with van der Waals surface area (Å²) in [6.45, 7) is 4.79. The summed E-state index contributed by atoms with van der Waals surface area (Å²) in [6.07, 6.45) is 0.367. The van der Waals surface area contributed by atoms with E-state index < -0.39 is 30.0 Å². The third kappa shape index (κ3) is 3.30. The van der Waals surface area contributed by atoms with Crippen molar-refractivity contribution >= 4 is 17.9 Å². The average Bonchev–Trinajstić information content (AvgIpc) is 3.12. The molecule has 0 unspecified atom stereocenters. The third-order valence-electron chi connectivity index (χ3n) is 4.82. The van der Waals surface area contributed by atoms with Crippen molar-refractivity contribution in [1.82, 2.24) is 15.4 Å². The van der Waals surface area contributed by atoms with Crippen LogP contribution in [0.25, 0.3) is 0 Å². The van der Waals surface area contributed by atoms with Crippen molar-refractivity contribution < 1.29 is 23.6 Å². The Morgan fingerprint density at radius 1 is 1.26 bits per heavy atom. The maximum Gasteiger partial charge on any atom is 0.326 e. The Bertz CT molecular complexity index is 857. The molecule has 1 aliphatic rings. The molecular weight excluding hydrogens is 350 g/mol. The topological polar surface area (TPSA) is 102 Å². The molecule has 2 aromatic rings. The molecule has 0 spiro atoms. The normalized spacial score (nSPS) is 19.3. The van der Waals surface area contributed by atoms with Gasteiger partial charge in [-0.1, -0.05) is 42.4 Å². The summed E-state index contributed by atoms with van der Waals surface area (Å²) in [5, 5.41) is 6.52. The van der Waals surface area contributed by atoms with Gasteiger partial charge in [-0.05, 0) is 25.8 Å². The Hall–Kier alpha value is -3.16. The first-order valence-electron chi connectivity index (χ1n) is 8.66. The number of carbonyl (C=O) groups excluding carboxylic acids is 3. The van der Waals surface area contributed by atoms with E-state index >= 15 is 0 Å². The van der Waals surface area contributed by atoms with Crippen molar-refractivity contribution in [3.63, 3.8) is 0 Å². The standard InChI is InChI=1S/C19H21N3O5/c1-4-19(14-8-6-5-7-9-14)17(24)22(18(25)20-19)10-16(23)26-11-15-12(2)21-27-13(15)3/h5-9H,4,10-11H2,1-3H3,(H,20,25)/t19-/m0/s1. The van der Waals surface area contributed by atoms with E-state index in [0.29, 0.717) is 29.0 Å². The van der Waals surface area contributed by atoms with Crippen LogP contribution >= 0.6 is 0 Å². The van der Waals surface area contributed by atoms with Crippen molar-refractivity contribution in [3.05, 3.63) is 52.9 Å². The molecule has 0 aliphatic carbocycles. The molecule has 142 valence electrons. The summed E-state index contributed by atoms with van der Waals surface area (Å²) in [4.78, 5) is 38.4. The number of nitrogens with zero attached hydrogens (tertiary/aromatic N) is 2. The Balaban J connectivity index is 1.71. The molecule has 0 bridgehead atoms. The number of nitrogens with one attached hydrogen (secondary N) is 1. The molecule has 8 nitrogen and oxygen atoms in total. The number of urea groups is 1. The first kappa shape index (κ1) is 18.6. The van der Waals surface area contributed by atoms with Gasteiger partial charge in [-0.15, -0.1) is 0 Å². The summed E-state index contributed by atoms with van der Waals surface area (Å²) in [7, 11) is 0. The van der Waals surface area contributed by atoms with Crippen LogP contribution in [0.3, 0.4) is 0 Å². The van der Waals surface area contributed by atoms with E-state index in [0.717, 1.165) is 4.90 Å². The quantitative estimate of drug-likeness (QED) is 0.617. The lowest BCUT2D eigenvalue weighted by molar-refractivity contribution is -0.149. The van der Waals surface area contributed by atoms with Gasteiger partial charge in [-0.2, -0.15) is 0 Å². The summed E-state index contributed by atoms with van der Waals surface area (Å²) in [6, 6.07) is 8.37. The summed E-state index contributed by atoms with van der Waals surface area (Å²) < 4.78 is 10.2. The third-order valence-corrected chi connectivity index (χ3v) is 4.82. The minimum Gasteiger partial charge on any atom is -0.459 e. The van der Waals surface area contributed by atoms with Gasteiger partial charge in [0.25, 0.3) is 5.91 Å². The highest BCUT2D eigenvalue weighted by Gasteiger charge is 2.51. The van der Waals surface area contributed by atoms with E-state index in [-0.39, 0.29) is 6.61 Å². The van der Waals surface area contributed by atoms with Gasteiger partial charge in [0.05, 0.1) is 11.3 Å². The van der Waals surface area contributed by atoms with E-state index in [1.807, 2.05) is 13.0 Å². The molecule has 1 N–H and O–H groups in total. The smallest absolute Gasteiger partial charge is 0.326 e. The summed E-state index contributed by atoms with van der Waals surface area (Å²) in [5.74, 6) is -0.585. The molecule has 0 saturated carbocycles. The number of ether oxygens (including phenoxy) is 1. The molecule has 27 heavy (non-hydrogen) atoms. The number of imide groups is 1. The number of esters is 1. The van der Waals surface area contributed by atoms with E-state index in [9.17, 15) is 14.4 Å². The molecule has 3 rings (SSSR count). The largest absolute Gasteiger partial charge is 0.459 e. The zero-order valence-electron chi connectivity index (χ0n) is 15.4. The van der Waals surface area contributed by atoms with E-state index in [1.54, 1.807) is 38.1 Å². The maximum atomic E-state index is 13.0. The SMILES string of the molecule is CC[C@@]1(c2ccccc2)NC(=O)N(CC(=O)OCc2c(C)noc2C)C1=O. The highest BCUT2D eigenvalue weighted by atomic mass is 16.5. The van der Waals surface area contributed by atoms with Gasteiger partial charge in [0, 0.05) is 0 Å². The molecule has 3 amide bonds. The molecule has 2 heterocycles. The van der Waals surface area contributed by atoms with Gasteiger partial charge in [0.2, 0.25) is 0 Å². The monoisotopic (exact) mass is 371 g/mol. The number of rotatable bonds is 6. The van der Waals surface area contributed by atoms with Gasteiger partial charge in [0.1, 0.15) is 24.5 Å². The van der Waals surface area contributed by atoms with Crippen molar-refractivity contribution in [2.75, 3.05) is 6.54 Å².